The Balaban J connectivity index is 1.75. The number of anilines is 1. The van der Waals surface area contributed by atoms with Gasteiger partial charge >= 0.3 is 6.03 Å². The molecular weight excluding hydrogens is 308 g/mol. The molecule has 1 N–H and O–H groups in total. The third-order valence-electron chi connectivity index (χ3n) is 4.40. The molecule has 1 aliphatic rings. The topological polar surface area (TPSA) is 32.3 Å². The fraction of sp³-hybridized carbons (Fsp3) is 0.316. The second-order valence-electron chi connectivity index (χ2n) is 6.16. The van der Waals surface area contributed by atoms with E-state index in [4.69, 9.17) is 11.6 Å². The summed E-state index contributed by atoms with van der Waals surface area (Å²) >= 11 is 6.13. The normalized spacial score (nSPS) is 17.3. The van der Waals surface area contributed by atoms with E-state index >= 15 is 0 Å². The van der Waals surface area contributed by atoms with Gasteiger partial charge in [-0.1, -0.05) is 47.5 Å². The number of rotatable bonds is 2. The molecule has 3 rings (SSSR count). The van der Waals surface area contributed by atoms with Crippen LogP contribution in [0.25, 0.3) is 0 Å². The molecule has 23 heavy (non-hydrogen) atoms. The van der Waals surface area contributed by atoms with E-state index in [1.807, 2.05) is 24.0 Å². The van der Waals surface area contributed by atoms with Crippen LogP contribution < -0.4 is 5.32 Å². The van der Waals surface area contributed by atoms with Crippen molar-refractivity contribution in [3.05, 3.63) is 64.2 Å². The van der Waals surface area contributed by atoms with Gasteiger partial charge in [0.1, 0.15) is 0 Å². The van der Waals surface area contributed by atoms with Crippen molar-refractivity contribution in [2.75, 3.05) is 11.9 Å². The van der Waals surface area contributed by atoms with E-state index in [0.29, 0.717) is 5.02 Å². The highest BCUT2D eigenvalue weighted by Crippen LogP contribution is 2.32. The zero-order valence-corrected chi connectivity index (χ0v) is 14.2. The number of nitrogens with zero attached hydrogens (tertiary/aromatic N) is 1. The Hall–Kier alpha value is -2.00. The number of hydrogen-bond donors (Lipinski definition) is 1. The van der Waals surface area contributed by atoms with Crippen molar-refractivity contribution in [1.82, 2.24) is 4.90 Å². The minimum atomic E-state index is -0.0620. The summed E-state index contributed by atoms with van der Waals surface area (Å²) in [5, 5.41) is 3.63. The van der Waals surface area contributed by atoms with Crippen LogP contribution in [0.3, 0.4) is 0 Å². The lowest BCUT2D eigenvalue weighted by atomic mass is 10.0. The van der Waals surface area contributed by atoms with Gasteiger partial charge < -0.3 is 10.2 Å². The summed E-state index contributed by atoms with van der Waals surface area (Å²) in [6, 6.07) is 14.1. The van der Waals surface area contributed by atoms with Gasteiger partial charge in [-0.15, -0.1) is 0 Å². The van der Waals surface area contributed by atoms with Crippen molar-refractivity contribution >= 4 is 23.3 Å². The maximum atomic E-state index is 12.6. The molecule has 0 bridgehead atoms. The van der Waals surface area contributed by atoms with Crippen LogP contribution in [0.2, 0.25) is 5.02 Å². The number of aryl methyl sites for hydroxylation is 2. The molecule has 0 aliphatic carbocycles. The lowest BCUT2D eigenvalue weighted by Crippen LogP contribution is -2.34. The van der Waals surface area contributed by atoms with Crippen molar-refractivity contribution in [3.63, 3.8) is 0 Å². The van der Waals surface area contributed by atoms with Crippen molar-refractivity contribution in [1.29, 1.82) is 0 Å². The molecule has 1 atom stereocenters. The highest BCUT2D eigenvalue weighted by molar-refractivity contribution is 6.31. The average molecular weight is 329 g/mol. The van der Waals surface area contributed by atoms with Gasteiger partial charge in [-0.05, 0) is 49.9 Å². The molecule has 120 valence electrons. The maximum Gasteiger partial charge on any atom is 0.322 e. The summed E-state index contributed by atoms with van der Waals surface area (Å²) in [5.41, 5.74) is 4.17. The standard InChI is InChI=1S/C19H21ClN2O/c1-13-5-8-15(9-6-13)18-4-3-11-22(18)19(23)21-16-10-7-14(2)17(20)12-16/h5-10,12,18H,3-4,11H2,1-2H3,(H,21,23)/t18-/m0/s1. The first-order valence-electron chi connectivity index (χ1n) is 7.95. The van der Waals surface area contributed by atoms with Crippen molar-refractivity contribution in [2.24, 2.45) is 0 Å². The molecule has 0 radical (unpaired) electrons. The molecule has 0 unspecified atom stereocenters. The number of halogens is 1. The number of likely N-dealkylation sites (tertiary alicyclic amines) is 1. The third kappa shape index (κ3) is 3.50. The molecular formula is C19H21ClN2O. The number of carbonyl (C=O) groups excluding carboxylic acids is 1. The third-order valence-corrected chi connectivity index (χ3v) is 4.81. The van der Waals surface area contributed by atoms with E-state index in [1.54, 1.807) is 6.07 Å². The van der Waals surface area contributed by atoms with Crippen LogP contribution in [0.15, 0.2) is 42.5 Å². The summed E-state index contributed by atoms with van der Waals surface area (Å²) < 4.78 is 0. The molecule has 1 aliphatic heterocycles. The van der Waals surface area contributed by atoms with Crippen molar-refractivity contribution in [2.45, 2.75) is 32.7 Å². The largest absolute Gasteiger partial charge is 0.322 e. The molecule has 2 amide bonds. The minimum absolute atomic E-state index is 0.0620. The maximum absolute atomic E-state index is 12.6. The lowest BCUT2D eigenvalue weighted by Gasteiger charge is -2.25. The number of nitrogens with one attached hydrogen (secondary N) is 1. The van der Waals surface area contributed by atoms with Gasteiger partial charge in [-0.2, -0.15) is 0 Å². The fourth-order valence-electron chi connectivity index (χ4n) is 3.01. The summed E-state index contributed by atoms with van der Waals surface area (Å²) in [6.07, 6.45) is 2.03. The smallest absolute Gasteiger partial charge is 0.317 e. The number of urea groups is 1. The Kier molecular flexibility index (Phi) is 4.58. The summed E-state index contributed by atoms with van der Waals surface area (Å²) in [4.78, 5) is 14.5. The van der Waals surface area contributed by atoms with Crippen molar-refractivity contribution < 1.29 is 4.79 Å². The Labute approximate surface area is 142 Å². The Bertz CT molecular complexity index is 712. The number of carbonyl (C=O) groups is 1. The molecule has 2 aromatic rings. The molecule has 0 spiro atoms. The molecule has 1 heterocycles. The Morgan fingerprint density at radius 3 is 2.61 bits per heavy atom. The monoisotopic (exact) mass is 328 g/mol. The van der Waals surface area contributed by atoms with Crippen LogP contribution in [0.5, 0.6) is 0 Å². The van der Waals surface area contributed by atoms with E-state index in [9.17, 15) is 4.79 Å². The predicted molar refractivity (Wildman–Crippen MR) is 95.1 cm³/mol. The fourth-order valence-corrected chi connectivity index (χ4v) is 3.19. The Morgan fingerprint density at radius 2 is 1.91 bits per heavy atom. The molecule has 2 aromatic carbocycles. The highest BCUT2D eigenvalue weighted by Gasteiger charge is 2.29. The van der Waals surface area contributed by atoms with E-state index in [2.05, 4.69) is 36.5 Å². The van der Waals surface area contributed by atoms with E-state index in [-0.39, 0.29) is 12.1 Å². The van der Waals surface area contributed by atoms with Crippen LogP contribution in [0.1, 0.15) is 35.6 Å². The van der Waals surface area contributed by atoms with E-state index in [0.717, 1.165) is 30.6 Å². The van der Waals surface area contributed by atoms with Gasteiger partial charge in [-0.25, -0.2) is 4.79 Å². The van der Waals surface area contributed by atoms with E-state index in [1.165, 1.54) is 11.1 Å². The lowest BCUT2D eigenvalue weighted by molar-refractivity contribution is 0.207. The second kappa shape index (κ2) is 6.63. The summed E-state index contributed by atoms with van der Waals surface area (Å²) in [6.45, 7) is 4.80. The minimum Gasteiger partial charge on any atom is -0.317 e. The first-order chi connectivity index (χ1) is 11.0. The summed E-state index contributed by atoms with van der Waals surface area (Å²) in [5.74, 6) is 0. The molecule has 4 heteroatoms. The van der Waals surface area contributed by atoms with Crippen LogP contribution in [0.4, 0.5) is 10.5 Å². The van der Waals surface area contributed by atoms with Crippen LogP contribution in [0, 0.1) is 13.8 Å². The SMILES string of the molecule is Cc1ccc([C@@H]2CCCN2C(=O)Nc2ccc(C)c(Cl)c2)cc1. The Morgan fingerprint density at radius 1 is 1.17 bits per heavy atom. The van der Waals surface area contributed by atoms with Gasteiger partial charge in [0.05, 0.1) is 6.04 Å². The zero-order valence-electron chi connectivity index (χ0n) is 13.5. The van der Waals surface area contributed by atoms with Gasteiger partial charge in [0.15, 0.2) is 0 Å². The van der Waals surface area contributed by atoms with Crippen molar-refractivity contribution in [3.8, 4) is 0 Å². The zero-order chi connectivity index (χ0) is 16.4. The van der Waals surface area contributed by atoms with Gasteiger partial charge in [-0.3, -0.25) is 0 Å². The van der Waals surface area contributed by atoms with Gasteiger partial charge in [0.25, 0.3) is 0 Å². The van der Waals surface area contributed by atoms with Gasteiger partial charge in [0.2, 0.25) is 0 Å². The molecule has 0 aromatic heterocycles. The number of hydrogen-bond acceptors (Lipinski definition) is 1. The average Bonchev–Trinajstić information content (AvgIpc) is 3.01. The quantitative estimate of drug-likeness (QED) is 0.794. The molecule has 0 saturated carbocycles. The molecule has 1 fully saturated rings. The van der Waals surface area contributed by atoms with Crippen LogP contribution in [-0.2, 0) is 0 Å². The first kappa shape index (κ1) is 15.9. The van der Waals surface area contributed by atoms with Crippen LogP contribution >= 0.6 is 11.6 Å². The predicted octanol–water partition coefficient (Wildman–Crippen LogP) is 5.33. The van der Waals surface area contributed by atoms with Crippen LogP contribution in [-0.4, -0.2) is 17.5 Å². The number of benzene rings is 2. The highest BCUT2D eigenvalue weighted by atomic mass is 35.5. The number of amides is 2. The summed E-state index contributed by atoms with van der Waals surface area (Å²) in [7, 11) is 0. The first-order valence-corrected chi connectivity index (χ1v) is 8.33. The van der Waals surface area contributed by atoms with E-state index < -0.39 is 0 Å². The van der Waals surface area contributed by atoms with Gasteiger partial charge in [0, 0.05) is 17.3 Å². The second-order valence-corrected chi connectivity index (χ2v) is 6.56. The molecule has 1 saturated heterocycles. The molecule has 3 nitrogen and oxygen atoms in total.